The molecule has 0 aliphatic carbocycles. The van der Waals surface area contributed by atoms with Gasteiger partial charge in [0.2, 0.25) is 0 Å². The van der Waals surface area contributed by atoms with Crippen molar-refractivity contribution in [3.8, 4) is 6.07 Å². The standard InChI is InChI=1S/C14H11ClN2/c1-10(15)9-17-14-7-6-11(8-16)12-4-2-3-5-13(12)14/h2-7,17H,1,9H2. The van der Waals surface area contributed by atoms with Crippen molar-refractivity contribution in [2.45, 2.75) is 0 Å². The van der Waals surface area contributed by atoms with E-state index in [0.29, 0.717) is 17.1 Å². The van der Waals surface area contributed by atoms with Crippen LogP contribution in [0.15, 0.2) is 48.0 Å². The smallest absolute Gasteiger partial charge is 0.0998 e. The molecule has 0 fully saturated rings. The van der Waals surface area contributed by atoms with E-state index in [4.69, 9.17) is 16.9 Å². The second-order valence-electron chi connectivity index (χ2n) is 3.69. The van der Waals surface area contributed by atoms with Crippen LogP contribution in [0, 0.1) is 11.3 Å². The molecule has 2 rings (SSSR count). The van der Waals surface area contributed by atoms with Gasteiger partial charge in [-0.2, -0.15) is 5.26 Å². The van der Waals surface area contributed by atoms with Crippen molar-refractivity contribution in [1.82, 2.24) is 0 Å². The summed E-state index contributed by atoms with van der Waals surface area (Å²) in [4.78, 5) is 0. The lowest BCUT2D eigenvalue weighted by molar-refractivity contribution is 1.33. The number of nitrogens with zero attached hydrogens (tertiary/aromatic N) is 1. The normalized spacial score (nSPS) is 9.88. The van der Waals surface area contributed by atoms with Crippen molar-refractivity contribution in [1.29, 1.82) is 5.26 Å². The van der Waals surface area contributed by atoms with Gasteiger partial charge in [0.25, 0.3) is 0 Å². The predicted molar refractivity (Wildman–Crippen MR) is 72.1 cm³/mol. The van der Waals surface area contributed by atoms with Gasteiger partial charge in [-0.05, 0) is 12.1 Å². The van der Waals surface area contributed by atoms with Gasteiger partial charge in [0, 0.05) is 21.5 Å². The molecule has 0 saturated heterocycles. The fourth-order valence-electron chi connectivity index (χ4n) is 1.74. The van der Waals surface area contributed by atoms with Crippen molar-refractivity contribution >= 4 is 28.1 Å². The summed E-state index contributed by atoms with van der Waals surface area (Å²) in [7, 11) is 0. The average Bonchev–Trinajstić information content (AvgIpc) is 2.35. The molecule has 0 spiro atoms. The molecule has 2 nitrogen and oxygen atoms in total. The Hall–Kier alpha value is -1.98. The molecule has 0 amide bonds. The molecule has 0 atom stereocenters. The van der Waals surface area contributed by atoms with Gasteiger partial charge in [-0.3, -0.25) is 0 Å². The van der Waals surface area contributed by atoms with Gasteiger partial charge in [-0.1, -0.05) is 42.4 Å². The molecule has 17 heavy (non-hydrogen) atoms. The lowest BCUT2D eigenvalue weighted by atomic mass is 10.0. The van der Waals surface area contributed by atoms with E-state index in [1.54, 1.807) is 0 Å². The fourth-order valence-corrected chi connectivity index (χ4v) is 1.81. The predicted octanol–water partition coefficient (Wildman–Crippen LogP) is 3.88. The Labute approximate surface area is 105 Å². The molecule has 0 aliphatic heterocycles. The van der Waals surface area contributed by atoms with Gasteiger partial charge in [0.1, 0.15) is 0 Å². The summed E-state index contributed by atoms with van der Waals surface area (Å²) in [5.74, 6) is 0. The minimum absolute atomic E-state index is 0.511. The highest BCUT2D eigenvalue weighted by atomic mass is 35.5. The van der Waals surface area contributed by atoms with Gasteiger partial charge in [0.15, 0.2) is 0 Å². The largest absolute Gasteiger partial charge is 0.380 e. The Bertz CT molecular complexity index is 611. The number of nitriles is 1. The number of fused-ring (bicyclic) bond motifs is 1. The number of hydrogen-bond acceptors (Lipinski definition) is 2. The second-order valence-corrected chi connectivity index (χ2v) is 4.22. The van der Waals surface area contributed by atoms with Crippen molar-refractivity contribution in [3.05, 3.63) is 53.6 Å². The summed E-state index contributed by atoms with van der Waals surface area (Å²) in [6.45, 7) is 4.15. The lowest BCUT2D eigenvalue weighted by Gasteiger charge is -2.09. The van der Waals surface area contributed by atoms with Crippen LogP contribution in [-0.2, 0) is 0 Å². The third-order valence-electron chi connectivity index (χ3n) is 2.52. The van der Waals surface area contributed by atoms with Gasteiger partial charge in [0.05, 0.1) is 18.2 Å². The first-order valence-corrected chi connectivity index (χ1v) is 5.59. The molecule has 0 radical (unpaired) electrons. The quantitative estimate of drug-likeness (QED) is 0.887. The highest BCUT2D eigenvalue weighted by Gasteiger charge is 2.04. The Kier molecular flexibility index (Phi) is 3.32. The Morgan fingerprint density at radius 2 is 1.94 bits per heavy atom. The number of hydrogen-bond donors (Lipinski definition) is 1. The zero-order chi connectivity index (χ0) is 12.3. The molecule has 0 saturated carbocycles. The lowest BCUT2D eigenvalue weighted by Crippen LogP contribution is -2.01. The van der Waals surface area contributed by atoms with Gasteiger partial charge < -0.3 is 5.32 Å². The number of nitrogens with one attached hydrogen (secondary N) is 1. The van der Waals surface area contributed by atoms with Crippen LogP contribution in [0.4, 0.5) is 5.69 Å². The van der Waals surface area contributed by atoms with Crippen LogP contribution < -0.4 is 5.32 Å². The molecule has 84 valence electrons. The second kappa shape index (κ2) is 4.90. The molecular formula is C14H11ClN2. The molecular weight excluding hydrogens is 232 g/mol. The van der Waals surface area contributed by atoms with Crippen LogP contribution in [0.3, 0.4) is 0 Å². The first-order chi connectivity index (χ1) is 8.22. The zero-order valence-electron chi connectivity index (χ0n) is 9.20. The number of halogens is 1. The third-order valence-corrected chi connectivity index (χ3v) is 2.65. The number of anilines is 1. The van der Waals surface area contributed by atoms with E-state index in [9.17, 15) is 0 Å². The van der Waals surface area contributed by atoms with Crippen LogP contribution in [0.5, 0.6) is 0 Å². The third kappa shape index (κ3) is 2.41. The summed E-state index contributed by atoms with van der Waals surface area (Å²) in [6.07, 6.45) is 0. The fraction of sp³-hybridized carbons (Fsp3) is 0.0714. The summed E-state index contributed by atoms with van der Waals surface area (Å²) < 4.78 is 0. The van der Waals surface area contributed by atoms with Crippen LogP contribution in [0.2, 0.25) is 0 Å². The summed E-state index contributed by atoms with van der Waals surface area (Å²) >= 11 is 5.73. The maximum Gasteiger partial charge on any atom is 0.0998 e. The van der Waals surface area contributed by atoms with E-state index in [1.807, 2.05) is 36.4 Å². The first kappa shape index (κ1) is 11.5. The van der Waals surface area contributed by atoms with Crippen molar-refractivity contribution in [3.63, 3.8) is 0 Å². The maximum absolute atomic E-state index is 9.04. The topological polar surface area (TPSA) is 35.8 Å². The van der Waals surface area contributed by atoms with Gasteiger partial charge in [-0.15, -0.1) is 0 Å². The van der Waals surface area contributed by atoms with Crippen LogP contribution >= 0.6 is 11.6 Å². The van der Waals surface area contributed by atoms with Gasteiger partial charge >= 0.3 is 0 Å². The highest BCUT2D eigenvalue weighted by molar-refractivity contribution is 6.29. The number of rotatable bonds is 3. The summed E-state index contributed by atoms with van der Waals surface area (Å²) in [5, 5.41) is 14.8. The molecule has 2 aromatic rings. The van der Waals surface area contributed by atoms with Crippen LogP contribution in [-0.4, -0.2) is 6.54 Å². The zero-order valence-corrected chi connectivity index (χ0v) is 9.96. The molecule has 2 aromatic carbocycles. The number of benzene rings is 2. The van der Waals surface area contributed by atoms with E-state index in [0.717, 1.165) is 16.5 Å². The molecule has 1 N–H and O–H groups in total. The van der Waals surface area contributed by atoms with Crippen LogP contribution in [0.25, 0.3) is 10.8 Å². The van der Waals surface area contributed by atoms with E-state index in [-0.39, 0.29) is 0 Å². The monoisotopic (exact) mass is 242 g/mol. The minimum Gasteiger partial charge on any atom is -0.380 e. The Balaban J connectivity index is 2.52. The highest BCUT2D eigenvalue weighted by Crippen LogP contribution is 2.26. The van der Waals surface area contributed by atoms with Gasteiger partial charge in [-0.25, -0.2) is 0 Å². The van der Waals surface area contributed by atoms with Crippen LogP contribution in [0.1, 0.15) is 5.56 Å². The maximum atomic E-state index is 9.04. The molecule has 0 aromatic heterocycles. The Morgan fingerprint density at radius 3 is 2.59 bits per heavy atom. The van der Waals surface area contributed by atoms with E-state index >= 15 is 0 Å². The molecule has 0 heterocycles. The van der Waals surface area contributed by atoms with Crippen molar-refractivity contribution in [2.24, 2.45) is 0 Å². The summed E-state index contributed by atoms with van der Waals surface area (Å²) in [6, 6.07) is 13.7. The van der Waals surface area contributed by atoms with Crippen molar-refractivity contribution < 1.29 is 0 Å². The Morgan fingerprint density at radius 1 is 1.24 bits per heavy atom. The molecule has 0 aliphatic rings. The molecule has 3 heteroatoms. The van der Waals surface area contributed by atoms with E-state index < -0.39 is 0 Å². The average molecular weight is 243 g/mol. The minimum atomic E-state index is 0.511. The first-order valence-electron chi connectivity index (χ1n) is 5.21. The summed E-state index contributed by atoms with van der Waals surface area (Å²) in [5.41, 5.74) is 1.64. The van der Waals surface area contributed by atoms with E-state index in [2.05, 4.69) is 18.0 Å². The molecule has 0 unspecified atom stereocenters. The SMILES string of the molecule is C=C(Cl)CNc1ccc(C#N)c2ccccc12. The van der Waals surface area contributed by atoms with E-state index in [1.165, 1.54) is 0 Å². The van der Waals surface area contributed by atoms with Crippen molar-refractivity contribution in [2.75, 3.05) is 11.9 Å². The molecule has 0 bridgehead atoms.